The van der Waals surface area contributed by atoms with Gasteiger partial charge in [-0.15, -0.1) is 0 Å². The average Bonchev–Trinajstić information content (AvgIpc) is 3.59. The van der Waals surface area contributed by atoms with E-state index in [9.17, 15) is 4.79 Å². The lowest BCUT2D eigenvalue weighted by molar-refractivity contribution is -0.127. The second kappa shape index (κ2) is 16.9. The van der Waals surface area contributed by atoms with Crippen LogP contribution in [0.3, 0.4) is 0 Å². The molecule has 4 nitrogen and oxygen atoms in total. The molecule has 2 aliphatic carbocycles. The molecule has 3 rings (SSSR count). The molecule has 0 spiro atoms. The number of nitrogens with zero attached hydrogens (tertiary/aromatic N) is 1. The molecule has 0 atom stereocenters. The standard InChI is InChI=1S/C11H17N.C11H15N.C9H17NO/c1-8(2)11(10-5-6-10)7-12-9(3)4;1-3-5-11(12)10-7-4-6-9(2)8-10;1-2-3-7-10-9(11)8-5-4-6-8/h7,10H,1,5-6H2,2-4H3;4-8H,3,12H2,1-2H3;8H,2-7H2,1H3,(H,10,11)/b11-7+;11-5-;. The molecular formula is C31H49N3O. The summed E-state index contributed by atoms with van der Waals surface area (Å²) in [6, 6.07) is 8.24. The second-order valence-electron chi connectivity index (χ2n) is 9.92. The summed E-state index contributed by atoms with van der Waals surface area (Å²) in [6.07, 6.45) is 13.4. The number of carbonyl (C=O) groups excluding carboxylic acids is 1. The quantitative estimate of drug-likeness (QED) is 0.216. The van der Waals surface area contributed by atoms with Crippen molar-refractivity contribution in [3.63, 3.8) is 0 Å². The van der Waals surface area contributed by atoms with Crippen LogP contribution in [-0.4, -0.2) is 18.2 Å². The van der Waals surface area contributed by atoms with E-state index in [2.05, 4.69) is 56.7 Å². The summed E-state index contributed by atoms with van der Waals surface area (Å²) in [4.78, 5) is 15.5. The van der Waals surface area contributed by atoms with Gasteiger partial charge in [0.15, 0.2) is 0 Å². The van der Waals surface area contributed by atoms with Crippen LogP contribution in [0.4, 0.5) is 0 Å². The van der Waals surface area contributed by atoms with Crippen molar-refractivity contribution >= 4 is 17.3 Å². The van der Waals surface area contributed by atoms with Crippen LogP contribution in [0.15, 0.2) is 59.3 Å². The highest BCUT2D eigenvalue weighted by atomic mass is 16.1. The lowest BCUT2D eigenvalue weighted by atomic mass is 9.85. The van der Waals surface area contributed by atoms with E-state index in [0.29, 0.717) is 5.92 Å². The van der Waals surface area contributed by atoms with E-state index in [1.807, 2.05) is 38.3 Å². The molecule has 1 aromatic carbocycles. The van der Waals surface area contributed by atoms with Crippen molar-refractivity contribution < 1.29 is 4.79 Å². The highest BCUT2D eigenvalue weighted by Gasteiger charge is 2.26. The van der Waals surface area contributed by atoms with Crippen molar-refractivity contribution in [2.24, 2.45) is 22.6 Å². The minimum Gasteiger partial charge on any atom is -0.399 e. The number of hydrogen-bond donors (Lipinski definition) is 2. The highest BCUT2D eigenvalue weighted by molar-refractivity contribution is 5.80. The topological polar surface area (TPSA) is 67.5 Å². The van der Waals surface area contributed by atoms with E-state index in [0.717, 1.165) is 61.5 Å². The molecule has 2 fully saturated rings. The molecule has 2 saturated carbocycles. The van der Waals surface area contributed by atoms with E-state index in [4.69, 9.17) is 5.73 Å². The van der Waals surface area contributed by atoms with Gasteiger partial charge in [-0.25, -0.2) is 0 Å². The summed E-state index contributed by atoms with van der Waals surface area (Å²) in [5, 5.41) is 2.95. The number of amides is 1. The van der Waals surface area contributed by atoms with Crippen LogP contribution in [0.25, 0.3) is 5.70 Å². The molecule has 2 aliphatic rings. The monoisotopic (exact) mass is 479 g/mol. The first-order valence-electron chi connectivity index (χ1n) is 13.4. The van der Waals surface area contributed by atoms with Crippen molar-refractivity contribution in [2.75, 3.05) is 6.54 Å². The third kappa shape index (κ3) is 13.2. The number of hydrogen-bond acceptors (Lipinski definition) is 3. The Balaban J connectivity index is 0.000000263. The summed E-state index contributed by atoms with van der Waals surface area (Å²) in [7, 11) is 0. The highest BCUT2D eigenvalue weighted by Crippen LogP contribution is 2.39. The van der Waals surface area contributed by atoms with E-state index < -0.39 is 0 Å². The summed E-state index contributed by atoms with van der Waals surface area (Å²) >= 11 is 0. The molecule has 1 aromatic rings. The van der Waals surface area contributed by atoms with E-state index in [1.54, 1.807) is 0 Å². The van der Waals surface area contributed by atoms with Gasteiger partial charge >= 0.3 is 0 Å². The van der Waals surface area contributed by atoms with Crippen molar-refractivity contribution in [3.8, 4) is 0 Å². The lowest BCUT2D eigenvalue weighted by Gasteiger charge is -2.23. The molecule has 0 heterocycles. The van der Waals surface area contributed by atoms with Gasteiger partial charge in [-0.1, -0.05) is 68.7 Å². The van der Waals surface area contributed by atoms with Gasteiger partial charge in [0.05, 0.1) is 0 Å². The number of aliphatic imine (C=N–C) groups is 1. The van der Waals surface area contributed by atoms with Gasteiger partial charge < -0.3 is 11.1 Å². The first kappa shape index (κ1) is 30.4. The van der Waals surface area contributed by atoms with Crippen LogP contribution >= 0.6 is 0 Å². The third-order valence-electron chi connectivity index (χ3n) is 6.05. The maximum Gasteiger partial charge on any atom is 0.223 e. The number of benzene rings is 1. The van der Waals surface area contributed by atoms with Crippen molar-refractivity contribution in [2.45, 2.75) is 92.9 Å². The molecule has 3 N–H and O–H groups in total. The van der Waals surface area contributed by atoms with Crippen LogP contribution in [0.5, 0.6) is 0 Å². The van der Waals surface area contributed by atoms with E-state index in [-0.39, 0.29) is 5.91 Å². The van der Waals surface area contributed by atoms with Gasteiger partial charge in [0.25, 0.3) is 0 Å². The Hall–Kier alpha value is -2.62. The second-order valence-corrected chi connectivity index (χ2v) is 9.92. The van der Waals surface area contributed by atoms with Crippen LogP contribution in [0.1, 0.15) is 97.1 Å². The number of nitrogens with two attached hydrogens (primary N) is 1. The molecule has 0 bridgehead atoms. The average molecular weight is 480 g/mol. The minimum atomic E-state index is 0.282. The van der Waals surface area contributed by atoms with Crippen LogP contribution < -0.4 is 11.1 Å². The summed E-state index contributed by atoms with van der Waals surface area (Å²) in [5.41, 5.74) is 12.7. The summed E-state index contributed by atoms with van der Waals surface area (Å²) in [6.45, 7) is 17.2. The van der Waals surface area contributed by atoms with Crippen LogP contribution in [0, 0.1) is 18.8 Å². The van der Waals surface area contributed by atoms with Crippen molar-refractivity contribution in [3.05, 3.63) is 65.4 Å². The smallest absolute Gasteiger partial charge is 0.223 e. The fraction of sp³-hybridized carbons (Fsp3) is 0.548. The SMILES string of the molecule is C=C(C)/C(=C\N=C(C)C)C1CC1.CC/C=C(\N)c1cccc(C)c1.CCCCNC(=O)C1CCC1. The first-order chi connectivity index (χ1) is 16.7. The summed E-state index contributed by atoms with van der Waals surface area (Å²) < 4.78 is 0. The van der Waals surface area contributed by atoms with Gasteiger partial charge in [-0.05, 0) is 89.3 Å². The van der Waals surface area contributed by atoms with Crippen LogP contribution in [-0.2, 0) is 4.79 Å². The van der Waals surface area contributed by atoms with Crippen LogP contribution in [0.2, 0.25) is 0 Å². The Morgan fingerprint density at radius 2 is 1.83 bits per heavy atom. The van der Waals surface area contributed by atoms with Crippen molar-refractivity contribution in [1.82, 2.24) is 5.32 Å². The lowest BCUT2D eigenvalue weighted by Crippen LogP contribution is -2.34. The molecule has 35 heavy (non-hydrogen) atoms. The summed E-state index contributed by atoms with van der Waals surface area (Å²) in [5.74, 6) is 1.39. The Kier molecular flexibility index (Phi) is 14.7. The fourth-order valence-electron chi connectivity index (χ4n) is 3.52. The first-order valence-corrected chi connectivity index (χ1v) is 13.4. The number of nitrogens with one attached hydrogen (secondary N) is 1. The zero-order valence-electron chi connectivity index (χ0n) is 23.1. The van der Waals surface area contributed by atoms with E-state index in [1.165, 1.54) is 36.0 Å². The normalized spacial score (nSPS) is 15.5. The van der Waals surface area contributed by atoms with Gasteiger partial charge in [0, 0.05) is 30.1 Å². The number of unbranched alkanes of at least 4 members (excludes halogenated alkanes) is 1. The predicted molar refractivity (Wildman–Crippen MR) is 153 cm³/mol. The zero-order chi connectivity index (χ0) is 26.2. The largest absolute Gasteiger partial charge is 0.399 e. The van der Waals surface area contributed by atoms with Gasteiger partial charge in [0.2, 0.25) is 5.91 Å². The molecular weight excluding hydrogens is 430 g/mol. The maximum absolute atomic E-state index is 11.2. The molecule has 0 unspecified atom stereocenters. The molecule has 0 saturated heterocycles. The fourth-order valence-corrected chi connectivity index (χ4v) is 3.52. The molecule has 194 valence electrons. The van der Waals surface area contributed by atoms with Gasteiger partial charge in [-0.3, -0.25) is 9.79 Å². The van der Waals surface area contributed by atoms with E-state index >= 15 is 0 Å². The minimum absolute atomic E-state index is 0.282. The van der Waals surface area contributed by atoms with Gasteiger partial charge in [-0.2, -0.15) is 0 Å². The maximum atomic E-state index is 11.2. The molecule has 0 aliphatic heterocycles. The number of allylic oxidation sites excluding steroid dienone is 3. The zero-order valence-corrected chi connectivity index (χ0v) is 23.1. The number of rotatable bonds is 9. The Labute approximate surface area is 214 Å². The molecule has 0 radical (unpaired) electrons. The van der Waals surface area contributed by atoms with Gasteiger partial charge in [0.1, 0.15) is 0 Å². The number of carbonyl (C=O) groups is 1. The molecule has 0 aromatic heterocycles. The predicted octanol–water partition coefficient (Wildman–Crippen LogP) is 7.74. The Bertz CT molecular complexity index is 882. The number of aryl methyl sites for hydroxylation is 1. The Morgan fingerprint density at radius 1 is 1.14 bits per heavy atom. The molecule has 4 heteroatoms. The van der Waals surface area contributed by atoms with Crippen molar-refractivity contribution in [1.29, 1.82) is 0 Å². The Morgan fingerprint density at radius 3 is 2.29 bits per heavy atom. The third-order valence-corrected chi connectivity index (χ3v) is 6.05. The molecule has 1 amide bonds.